The molecule has 1 aromatic carbocycles. The van der Waals surface area contributed by atoms with Crippen molar-refractivity contribution in [1.29, 1.82) is 0 Å². The molecule has 0 atom stereocenters. The van der Waals surface area contributed by atoms with Crippen molar-refractivity contribution in [2.24, 2.45) is 5.73 Å². The van der Waals surface area contributed by atoms with Crippen LogP contribution in [0.15, 0.2) is 29.3 Å². The normalized spacial score (nSPS) is 16.2. The third kappa shape index (κ3) is 2.97. The average molecular weight is 302 g/mol. The van der Waals surface area contributed by atoms with Crippen molar-refractivity contribution < 1.29 is 9.90 Å². The first kappa shape index (κ1) is 14.2. The van der Waals surface area contributed by atoms with E-state index in [4.69, 9.17) is 5.73 Å². The Hall–Kier alpha value is -1.75. The fraction of sp³-hybridized carbons (Fsp3) is 0.375. The topological polar surface area (TPSA) is 76.2 Å². The molecule has 0 saturated heterocycles. The summed E-state index contributed by atoms with van der Waals surface area (Å²) in [7, 11) is 0. The number of amides is 1. The monoisotopic (exact) mass is 302 g/mol. The summed E-state index contributed by atoms with van der Waals surface area (Å²) in [5.41, 5.74) is 5.12. The van der Waals surface area contributed by atoms with Gasteiger partial charge in [0.25, 0.3) is 5.91 Å². The summed E-state index contributed by atoms with van der Waals surface area (Å²) in [6, 6.07) is 5.85. The zero-order valence-corrected chi connectivity index (χ0v) is 12.5. The number of carbonyl (C=O) groups is 1. The van der Waals surface area contributed by atoms with Gasteiger partial charge in [0.15, 0.2) is 11.4 Å². The number of pyridine rings is 1. The molecule has 1 aliphatic rings. The lowest BCUT2D eigenvalue weighted by Gasteiger charge is -2.21. The summed E-state index contributed by atoms with van der Waals surface area (Å²) in [6.45, 7) is 0. The summed E-state index contributed by atoms with van der Waals surface area (Å²) in [5.74, 6) is -0.843. The number of primary amides is 1. The predicted molar refractivity (Wildman–Crippen MR) is 84.7 cm³/mol. The molecule has 1 aromatic heterocycles. The van der Waals surface area contributed by atoms with Gasteiger partial charge in [-0.2, -0.15) is 0 Å². The highest BCUT2D eigenvalue weighted by Crippen LogP contribution is 2.36. The Morgan fingerprint density at radius 3 is 2.76 bits per heavy atom. The van der Waals surface area contributed by atoms with Crippen molar-refractivity contribution in [2.75, 3.05) is 0 Å². The Labute approximate surface area is 127 Å². The number of aromatic hydroxyl groups is 1. The van der Waals surface area contributed by atoms with E-state index in [0.717, 1.165) is 5.39 Å². The highest BCUT2D eigenvalue weighted by atomic mass is 32.2. The van der Waals surface area contributed by atoms with Gasteiger partial charge in [-0.05, 0) is 31.0 Å². The number of nitrogens with two attached hydrogens (primary N) is 1. The molecule has 110 valence electrons. The quantitative estimate of drug-likeness (QED) is 0.910. The SMILES string of the molecule is NC(=O)c1ncc2cc(SC3CCCCC3)ccc2c1O. The van der Waals surface area contributed by atoms with Gasteiger partial charge in [-0.25, -0.2) is 4.98 Å². The van der Waals surface area contributed by atoms with E-state index in [2.05, 4.69) is 4.98 Å². The minimum atomic E-state index is -0.713. The van der Waals surface area contributed by atoms with E-state index in [-0.39, 0.29) is 11.4 Å². The second-order valence-electron chi connectivity index (χ2n) is 5.45. The van der Waals surface area contributed by atoms with Crippen LogP contribution in [-0.2, 0) is 0 Å². The van der Waals surface area contributed by atoms with Gasteiger partial charge < -0.3 is 10.8 Å². The smallest absolute Gasteiger partial charge is 0.271 e. The minimum absolute atomic E-state index is 0.0739. The number of benzene rings is 1. The summed E-state index contributed by atoms with van der Waals surface area (Å²) in [6.07, 6.45) is 8.12. The first-order chi connectivity index (χ1) is 10.1. The van der Waals surface area contributed by atoms with E-state index in [1.54, 1.807) is 6.20 Å². The van der Waals surface area contributed by atoms with E-state index < -0.39 is 5.91 Å². The Balaban J connectivity index is 1.90. The largest absolute Gasteiger partial charge is 0.505 e. The van der Waals surface area contributed by atoms with E-state index in [0.29, 0.717) is 10.6 Å². The molecule has 1 amide bonds. The second kappa shape index (κ2) is 5.93. The molecule has 3 N–H and O–H groups in total. The van der Waals surface area contributed by atoms with Crippen LogP contribution in [0.25, 0.3) is 10.8 Å². The van der Waals surface area contributed by atoms with Crippen molar-refractivity contribution >= 4 is 28.4 Å². The Kier molecular flexibility index (Phi) is 4.01. The average Bonchev–Trinajstić information content (AvgIpc) is 2.48. The molecular weight excluding hydrogens is 284 g/mol. The maximum Gasteiger partial charge on any atom is 0.271 e. The van der Waals surface area contributed by atoms with Gasteiger partial charge in [0.2, 0.25) is 0 Å². The van der Waals surface area contributed by atoms with Crippen molar-refractivity contribution in [1.82, 2.24) is 4.98 Å². The Bertz CT molecular complexity index is 681. The van der Waals surface area contributed by atoms with Crippen LogP contribution >= 0.6 is 11.8 Å². The molecule has 1 heterocycles. The zero-order valence-electron chi connectivity index (χ0n) is 11.7. The van der Waals surface area contributed by atoms with Gasteiger partial charge >= 0.3 is 0 Å². The second-order valence-corrected chi connectivity index (χ2v) is 6.82. The van der Waals surface area contributed by atoms with Crippen LogP contribution in [-0.4, -0.2) is 21.2 Å². The van der Waals surface area contributed by atoms with Crippen LogP contribution in [0.2, 0.25) is 0 Å². The molecule has 0 radical (unpaired) electrons. The molecule has 21 heavy (non-hydrogen) atoms. The fourth-order valence-electron chi connectivity index (χ4n) is 2.82. The molecular formula is C16H18N2O2S. The van der Waals surface area contributed by atoms with Crippen LogP contribution < -0.4 is 5.73 Å². The highest BCUT2D eigenvalue weighted by Gasteiger charge is 2.16. The summed E-state index contributed by atoms with van der Waals surface area (Å²) >= 11 is 1.89. The number of rotatable bonds is 3. The Morgan fingerprint density at radius 1 is 1.29 bits per heavy atom. The molecule has 0 bridgehead atoms. The molecule has 4 nitrogen and oxygen atoms in total. The molecule has 0 unspecified atom stereocenters. The molecule has 3 rings (SSSR count). The van der Waals surface area contributed by atoms with Gasteiger partial charge in [-0.3, -0.25) is 4.79 Å². The first-order valence-corrected chi connectivity index (χ1v) is 8.11. The lowest BCUT2D eigenvalue weighted by molar-refractivity contribution is 0.0993. The number of carbonyl (C=O) groups excluding carboxylic acids is 1. The van der Waals surface area contributed by atoms with E-state index in [9.17, 15) is 9.90 Å². The molecule has 1 fully saturated rings. The highest BCUT2D eigenvalue weighted by molar-refractivity contribution is 8.00. The molecule has 1 saturated carbocycles. The first-order valence-electron chi connectivity index (χ1n) is 7.23. The van der Waals surface area contributed by atoms with Gasteiger partial charge in [0, 0.05) is 27.1 Å². The van der Waals surface area contributed by atoms with E-state index >= 15 is 0 Å². The number of thioether (sulfide) groups is 1. The fourth-order valence-corrected chi connectivity index (χ4v) is 4.11. The van der Waals surface area contributed by atoms with Gasteiger partial charge in [-0.1, -0.05) is 19.3 Å². The van der Waals surface area contributed by atoms with Crippen LogP contribution in [0.3, 0.4) is 0 Å². The lowest BCUT2D eigenvalue weighted by atomic mass is 10.0. The van der Waals surface area contributed by atoms with Crippen LogP contribution in [0, 0.1) is 0 Å². The maximum atomic E-state index is 11.2. The number of hydrogen-bond acceptors (Lipinski definition) is 4. The zero-order chi connectivity index (χ0) is 14.8. The third-order valence-electron chi connectivity index (χ3n) is 3.92. The molecule has 1 aliphatic carbocycles. The standard InChI is InChI=1S/C16H18N2O2S/c17-16(20)14-15(19)13-7-6-12(8-10(13)9-18-14)21-11-4-2-1-3-5-11/h6-9,11,19H,1-5H2,(H2,17,20). The number of hydrogen-bond donors (Lipinski definition) is 2. The van der Waals surface area contributed by atoms with Crippen LogP contribution in [0.1, 0.15) is 42.6 Å². The minimum Gasteiger partial charge on any atom is -0.505 e. The number of nitrogens with zero attached hydrogens (tertiary/aromatic N) is 1. The van der Waals surface area contributed by atoms with Crippen molar-refractivity contribution in [3.05, 3.63) is 30.1 Å². The van der Waals surface area contributed by atoms with E-state index in [1.165, 1.54) is 37.0 Å². The Morgan fingerprint density at radius 2 is 2.05 bits per heavy atom. The molecule has 2 aromatic rings. The molecule has 0 aliphatic heterocycles. The van der Waals surface area contributed by atoms with Crippen LogP contribution in [0.4, 0.5) is 0 Å². The van der Waals surface area contributed by atoms with Crippen molar-refractivity contribution in [3.8, 4) is 5.75 Å². The van der Waals surface area contributed by atoms with Crippen molar-refractivity contribution in [2.45, 2.75) is 42.2 Å². The number of aromatic nitrogens is 1. The van der Waals surface area contributed by atoms with Crippen molar-refractivity contribution in [3.63, 3.8) is 0 Å². The molecule has 0 spiro atoms. The van der Waals surface area contributed by atoms with Gasteiger partial charge in [0.1, 0.15) is 0 Å². The number of fused-ring (bicyclic) bond motifs is 1. The predicted octanol–water partition coefficient (Wildman–Crippen LogP) is 3.46. The third-order valence-corrected chi connectivity index (χ3v) is 5.25. The summed E-state index contributed by atoms with van der Waals surface area (Å²) < 4.78 is 0. The van der Waals surface area contributed by atoms with E-state index in [1.807, 2.05) is 30.0 Å². The van der Waals surface area contributed by atoms with Gasteiger partial charge in [0.05, 0.1) is 0 Å². The van der Waals surface area contributed by atoms with Crippen LogP contribution in [0.5, 0.6) is 5.75 Å². The maximum absolute atomic E-state index is 11.2. The molecule has 5 heteroatoms. The summed E-state index contributed by atoms with van der Waals surface area (Å²) in [5, 5.41) is 12.2. The van der Waals surface area contributed by atoms with Gasteiger partial charge in [-0.15, -0.1) is 11.8 Å². The lowest BCUT2D eigenvalue weighted by Crippen LogP contribution is -2.13. The summed E-state index contributed by atoms with van der Waals surface area (Å²) in [4.78, 5) is 16.3.